The molecule has 2 fully saturated rings. The summed E-state index contributed by atoms with van der Waals surface area (Å²) in [5.74, 6) is 0.821. The predicted octanol–water partition coefficient (Wildman–Crippen LogP) is 3.65. The lowest BCUT2D eigenvalue weighted by Gasteiger charge is -2.40. The third-order valence-electron chi connectivity index (χ3n) is 7.32. The Kier molecular flexibility index (Phi) is 6.03. The highest BCUT2D eigenvalue weighted by Crippen LogP contribution is 2.53. The van der Waals surface area contributed by atoms with Crippen LogP contribution in [0.2, 0.25) is 0 Å². The Bertz CT molecular complexity index is 837. The molecule has 1 spiro atoms. The zero-order chi connectivity index (χ0) is 20.5. The molecule has 0 saturated carbocycles. The van der Waals surface area contributed by atoms with Crippen molar-refractivity contribution in [3.63, 3.8) is 0 Å². The monoisotopic (exact) mass is 418 g/mol. The number of carbonyl (C=O) groups excluding carboxylic acids is 1. The van der Waals surface area contributed by atoms with E-state index in [4.69, 9.17) is 0 Å². The summed E-state index contributed by atoms with van der Waals surface area (Å²) in [4.78, 5) is 14.8. The molecule has 2 aliphatic heterocycles. The van der Waals surface area contributed by atoms with Gasteiger partial charge in [-0.1, -0.05) is 37.6 Å². The molecule has 160 valence electrons. The fourth-order valence-corrected chi connectivity index (χ4v) is 7.29. The SMILES string of the molecule is CCCCS(=O)(=O)N1CCC2(CC1)C[C@H](CC(=O)N1CCCC1)c1ccccc12. The summed E-state index contributed by atoms with van der Waals surface area (Å²) >= 11 is 0. The Morgan fingerprint density at radius 2 is 1.79 bits per heavy atom. The molecule has 1 atom stereocenters. The highest BCUT2D eigenvalue weighted by atomic mass is 32.2. The Morgan fingerprint density at radius 3 is 2.48 bits per heavy atom. The van der Waals surface area contributed by atoms with Gasteiger partial charge in [0.05, 0.1) is 5.75 Å². The fourth-order valence-electron chi connectivity index (χ4n) is 5.64. The van der Waals surface area contributed by atoms with Gasteiger partial charge >= 0.3 is 0 Å². The van der Waals surface area contributed by atoms with Crippen LogP contribution in [0.3, 0.4) is 0 Å². The average Bonchev–Trinajstić information content (AvgIpc) is 3.35. The van der Waals surface area contributed by atoms with Gasteiger partial charge in [0.2, 0.25) is 15.9 Å². The molecule has 0 bridgehead atoms. The Hall–Kier alpha value is -1.40. The second-order valence-electron chi connectivity index (χ2n) is 9.13. The summed E-state index contributed by atoms with van der Waals surface area (Å²) in [5, 5.41) is 0. The van der Waals surface area contributed by atoms with E-state index >= 15 is 0 Å². The van der Waals surface area contributed by atoms with Crippen molar-refractivity contribution in [1.82, 2.24) is 9.21 Å². The number of sulfonamides is 1. The molecule has 1 amide bonds. The second-order valence-corrected chi connectivity index (χ2v) is 11.2. The first-order valence-electron chi connectivity index (χ1n) is 11.3. The van der Waals surface area contributed by atoms with Crippen molar-refractivity contribution in [2.24, 2.45) is 0 Å². The van der Waals surface area contributed by atoms with Crippen LogP contribution < -0.4 is 0 Å². The van der Waals surface area contributed by atoms with Crippen LogP contribution in [0.15, 0.2) is 24.3 Å². The number of carbonyl (C=O) groups is 1. The van der Waals surface area contributed by atoms with Crippen LogP contribution in [0.5, 0.6) is 0 Å². The van der Waals surface area contributed by atoms with E-state index in [1.165, 1.54) is 11.1 Å². The third-order valence-corrected chi connectivity index (χ3v) is 9.27. The van der Waals surface area contributed by atoms with Gasteiger partial charge in [-0.15, -0.1) is 0 Å². The molecule has 1 aromatic carbocycles. The number of likely N-dealkylation sites (tertiary alicyclic amines) is 1. The first-order valence-corrected chi connectivity index (χ1v) is 12.9. The summed E-state index contributed by atoms with van der Waals surface area (Å²) in [5.41, 5.74) is 2.72. The van der Waals surface area contributed by atoms with E-state index in [9.17, 15) is 13.2 Å². The van der Waals surface area contributed by atoms with Crippen molar-refractivity contribution in [1.29, 1.82) is 0 Å². The van der Waals surface area contributed by atoms with Crippen molar-refractivity contribution < 1.29 is 13.2 Å². The Labute approximate surface area is 175 Å². The van der Waals surface area contributed by atoms with Gasteiger partial charge in [0.15, 0.2) is 0 Å². The molecular formula is C23H34N2O3S. The largest absolute Gasteiger partial charge is 0.343 e. The molecule has 2 heterocycles. The molecule has 0 N–H and O–H groups in total. The van der Waals surface area contributed by atoms with Crippen LogP contribution in [-0.4, -0.2) is 55.5 Å². The van der Waals surface area contributed by atoms with Crippen LogP contribution >= 0.6 is 0 Å². The maximum atomic E-state index is 12.8. The topological polar surface area (TPSA) is 57.7 Å². The molecule has 0 aromatic heterocycles. The molecule has 2 saturated heterocycles. The van der Waals surface area contributed by atoms with Crippen molar-refractivity contribution in [3.05, 3.63) is 35.4 Å². The van der Waals surface area contributed by atoms with Crippen molar-refractivity contribution in [2.45, 2.75) is 69.6 Å². The molecular weight excluding hydrogens is 384 g/mol. The van der Waals surface area contributed by atoms with E-state index in [1.807, 2.05) is 11.8 Å². The summed E-state index contributed by atoms with van der Waals surface area (Å²) in [7, 11) is -3.14. The maximum Gasteiger partial charge on any atom is 0.223 e. The Morgan fingerprint density at radius 1 is 1.10 bits per heavy atom. The number of piperidine rings is 1. The molecule has 0 unspecified atom stereocenters. The molecule has 1 aliphatic carbocycles. The summed E-state index contributed by atoms with van der Waals surface area (Å²) in [6, 6.07) is 8.58. The van der Waals surface area contributed by atoms with Crippen LogP contribution in [0, 0.1) is 0 Å². The number of unbranched alkanes of at least 4 members (excludes halogenated alkanes) is 1. The molecule has 3 aliphatic rings. The lowest BCUT2D eigenvalue weighted by molar-refractivity contribution is -0.130. The van der Waals surface area contributed by atoms with Gasteiger partial charge in [0, 0.05) is 32.6 Å². The van der Waals surface area contributed by atoms with Gasteiger partial charge < -0.3 is 4.90 Å². The summed E-state index contributed by atoms with van der Waals surface area (Å²) < 4.78 is 27.0. The van der Waals surface area contributed by atoms with Crippen molar-refractivity contribution in [3.8, 4) is 0 Å². The minimum atomic E-state index is -3.14. The zero-order valence-corrected chi connectivity index (χ0v) is 18.4. The Balaban J connectivity index is 1.48. The average molecular weight is 419 g/mol. The lowest BCUT2D eigenvalue weighted by Crippen LogP contribution is -2.45. The van der Waals surface area contributed by atoms with Crippen molar-refractivity contribution >= 4 is 15.9 Å². The van der Waals surface area contributed by atoms with Crippen LogP contribution in [-0.2, 0) is 20.2 Å². The van der Waals surface area contributed by atoms with E-state index < -0.39 is 10.0 Å². The fraction of sp³-hybridized carbons (Fsp3) is 0.696. The minimum Gasteiger partial charge on any atom is -0.343 e. The smallest absolute Gasteiger partial charge is 0.223 e. The van der Waals surface area contributed by atoms with E-state index in [1.54, 1.807) is 4.31 Å². The number of benzene rings is 1. The third kappa shape index (κ3) is 4.11. The van der Waals surface area contributed by atoms with E-state index in [2.05, 4.69) is 24.3 Å². The second kappa shape index (κ2) is 8.38. The first kappa shape index (κ1) is 20.9. The first-order chi connectivity index (χ1) is 14.0. The van der Waals surface area contributed by atoms with Crippen molar-refractivity contribution in [2.75, 3.05) is 31.9 Å². The molecule has 0 radical (unpaired) electrons. The van der Waals surface area contributed by atoms with E-state index in [0.29, 0.717) is 25.4 Å². The lowest BCUT2D eigenvalue weighted by atomic mass is 9.73. The maximum absolute atomic E-state index is 12.8. The van der Waals surface area contributed by atoms with E-state index in [-0.39, 0.29) is 17.1 Å². The van der Waals surface area contributed by atoms with Gasteiger partial charge in [-0.05, 0) is 61.0 Å². The van der Waals surface area contributed by atoms with Gasteiger partial charge in [-0.3, -0.25) is 4.79 Å². The molecule has 6 heteroatoms. The van der Waals surface area contributed by atoms with E-state index in [0.717, 1.165) is 58.0 Å². The summed E-state index contributed by atoms with van der Waals surface area (Å²) in [6.07, 6.45) is 7.18. The summed E-state index contributed by atoms with van der Waals surface area (Å²) in [6.45, 7) is 5.05. The normalized spacial score (nSPS) is 24.2. The quantitative estimate of drug-likeness (QED) is 0.709. The van der Waals surface area contributed by atoms with Gasteiger partial charge in [0.1, 0.15) is 0 Å². The molecule has 1 aromatic rings. The number of hydrogen-bond donors (Lipinski definition) is 0. The number of fused-ring (bicyclic) bond motifs is 2. The van der Waals surface area contributed by atoms with Gasteiger partial charge in [-0.25, -0.2) is 12.7 Å². The predicted molar refractivity (Wildman–Crippen MR) is 115 cm³/mol. The number of rotatable bonds is 6. The standard InChI is InChI=1S/C23H34N2O3S/c1-2-3-16-29(27,28)25-14-10-23(11-15-25)18-19(20-8-4-5-9-21(20)23)17-22(26)24-12-6-7-13-24/h4-5,8-9,19H,2-3,6-7,10-18H2,1H3/t19-/m0/s1. The minimum absolute atomic E-state index is 0.0311. The molecule has 29 heavy (non-hydrogen) atoms. The number of amides is 1. The van der Waals surface area contributed by atoms with Crippen LogP contribution in [0.1, 0.15) is 75.3 Å². The highest BCUT2D eigenvalue weighted by Gasteiger charge is 2.47. The highest BCUT2D eigenvalue weighted by molar-refractivity contribution is 7.89. The van der Waals surface area contributed by atoms with Gasteiger partial charge in [-0.2, -0.15) is 0 Å². The number of hydrogen-bond acceptors (Lipinski definition) is 3. The molecule has 5 nitrogen and oxygen atoms in total. The molecule has 4 rings (SSSR count). The zero-order valence-electron chi connectivity index (χ0n) is 17.6. The number of nitrogens with zero attached hydrogens (tertiary/aromatic N) is 2. The van der Waals surface area contributed by atoms with Crippen LogP contribution in [0.25, 0.3) is 0 Å². The van der Waals surface area contributed by atoms with Crippen LogP contribution in [0.4, 0.5) is 0 Å². The van der Waals surface area contributed by atoms with Gasteiger partial charge in [0.25, 0.3) is 0 Å².